The SMILES string of the molecule is O=[N+]([O-])BCSO. The maximum Gasteiger partial charge on any atom is 0.546 e. The second kappa shape index (κ2) is 3.95. The van der Waals surface area contributed by atoms with Crippen LogP contribution in [-0.2, 0) is 0 Å². The Labute approximate surface area is 45.5 Å². The molecule has 4 nitrogen and oxygen atoms in total. The molecule has 0 rings (SSSR count). The number of nitrogens with zero attached hydrogens (tertiary/aromatic N) is 1. The molecule has 0 aliphatic carbocycles. The van der Waals surface area contributed by atoms with Crippen molar-refractivity contribution in [2.24, 2.45) is 0 Å². The zero-order valence-corrected chi connectivity index (χ0v) is 4.35. The highest BCUT2D eigenvalue weighted by atomic mass is 32.2. The Bertz CT molecular complexity index is 68.0. The summed E-state index contributed by atoms with van der Waals surface area (Å²) in [4.78, 5) is 8.97. The van der Waals surface area contributed by atoms with Crippen molar-refractivity contribution in [1.82, 2.24) is 0 Å². The Balaban J connectivity index is 2.82. The zero-order valence-electron chi connectivity index (χ0n) is 3.53. The van der Waals surface area contributed by atoms with E-state index >= 15 is 0 Å². The van der Waals surface area contributed by atoms with Crippen LogP contribution < -0.4 is 0 Å². The topological polar surface area (TPSA) is 63.4 Å². The summed E-state index contributed by atoms with van der Waals surface area (Å²) >= 11 is 0.488. The molecule has 6 heteroatoms. The van der Waals surface area contributed by atoms with E-state index in [4.69, 9.17) is 4.55 Å². The van der Waals surface area contributed by atoms with Gasteiger partial charge in [0.2, 0.25) is 0 Å². The molecule has 0 saturated carbocycles. The Morgan fingerprint density at radius 1 is 2.00 bits per heavy atom. The Morgan fingerprint density at radius 3 is 2.71 bits per heavy atom. The second-order valence-corrected chi connectivity index (χ2v) is 1.56. The van der Waals surface area contributed by atoms with Crippen LogP contribution in [0.3, 0.4) is 0 Å². The summed E-state index contributed by atoms with van der Waals surface area (Å²) in [6.07, 6.45) is 0. The van der Waals surface area contributed by atoms with Gasteiger partial charge in [-0.15, -0.1) is 0 Å². The summed E-state index contributed by atoms with van der Waals surface area (Å²) in [6.45, 7) is 0. The first-order valence-corrected chi connectivity index (χ1v) is 2.60. The minimum Gasteiger partial charge on any atom is -0.331 e. The number of hydrogen-bond acceptors (Lipinski definition) is 4. The lowest BCUT2D eigenvalue weighted by atomic mass is 10.0. The van der Waals surface area contributed by atoms with Crippen molar-refractivity contribution < 1.29 is 9.39 Å². The fourth-order valence-corrected chi connectivity index (χ4v) is 0.346. The van der Waals surface area contributed by atoms with E-state index in [2.05, 4.69) is 0 Å². The van der Waals surface area contributed by atoms with Crippen molar-refractivity contribution in [2.75, 3.05) is 5.65 Å². The van der Waals surface area contributed by atoms with Crippen molar-refractivity contribution in [1.29, 1.82) is 0 Å². The zero-order chi connectivity index (χ0) is 5.70. The van der Waals surface area contributed by atoms with Gasteiger partial charge in [0.05, 0.1) is 5.65 Å². The normalized spacial score (nSPS) is 8.14. The van der Waals surface area contributed by atoms with Gasteiger partial charge in [0.25, 0.3) is 0 Å². The molecule has 0 aromatic carbocycles. The smallest absolute Gasteiger partial charge is 0.331 e. The summed E-state index contributed by atoms with van der Waals surface area (Å²) in [6, 6.07) is 0. The minimum atomic E-state index is -0.469. The van der Waals surface area contributed by atoms with Crippen LogP contribution in [0.15, 0.2) is 0 Å². The van der Waals surface area contributed by atoms with Gasteiger partial charge in [-0.25, -0.2) is 0 Å². The molecule has 0 aromatic rings. The molecule has 0 heterocycles. The number of nitro groups is 1. The molecule has 0 fully saturated rings. The van der Waals surface area contributed by atoms with E-state index in [1.54, 1.807) is 0 Å². The van der Waals surface area contributed by atoms with Gasteiger partial charge in [0.15, 0.2) is 0 Å². The van der Waals surface area contributed by atoms with Crippen LogP contribution in [-0.4, -0.2) is 22.5 Å². The summed E-state index contributed by atoms with van der Waals surface area (Å²) < 4.78 is 7.93. The van der Waals surface area contributed by atoms with E-state index < -0.39 is 4.83 Å². The third-order valence-corrected chi connectivity index (χ3v) is 0.730. The molecule has 0 aliphatic heterocycles. The summed E-state index contributed by atoms with van der Waals surface area (Å²) in [7, 11) is -0.166. The van der Waals surface area contributed by atoms with Gasteiger partial charge in [-0.05, 0) is 12.0 Å². The molecule has 0 unspecified atom stereocenters. The number of hydrogen-bond donors (Lipinski definition) is 1. The third-order valence-electron chi connectivity index (χ3n) is 0.365. The van der Waals surface area contributed by atoms with Crippen LogP contribution >= 0.6 is 12.0 Å². The Hall–Kier alpha value is -0.225. The van der Waals surface area contributed by atoms with E-state index in [1.165, 1.54) is 0 Å². The predicted molar refractivity (Wildman–Crippen MR) is 29.2 cm³/mol. The average Bonchev–Trinajstić information content (AvgIpc) is 1.61. The molecule has 0 bridgehead atoms. The lowest BCUT2D eigenvalue weighted by Crippen LogP contribution is -2.07. The maximum absolute atomic E-state index is 9.44. The molecule has 0 aliphatic rings. The second-order valence-electron chi connectivity index (χ2n) is 0.890. The Morgan fingerprint density at radius 2 is 2.57 bits per heavy atom. The first-order chi connectivity index (χ1) is 3.27. The van der Waals surface area contributed by atoms with Crippen LogP contribution in [0.25, 0.3) is 0 Å². The summed E-state index contributed by atoms with van der Waals surface area (Å²) in [5, 5.41) is 9.44. The van der Waals surface area contributed by atoms with Crippen LogP contribution in [0, 0.1) is 10.1 Å². The van der Waals surface area contributed by atoms with Crippen LogP contribution in [0.2, 0.25) is 0 Å². The largest absolute Gasteiger partial charge is 0.546 e. The Kier molecular flexibility index (Phi) is 3.82. The fourth-order valence-electron chi connectivity index (χ4n) is 0.115. The van der Waals surface area contributed by atoms with Crippen LogP contribution in [0.5, 0.6) is 0 Å². The maximum atomic E-state index is 9.44. The third kappa shape index (κ3) is 5.77. The molecular formula is CH4BNO3S. The molecular weight excluding hydrogens is 117 g/mol. The number of rotatable bonds is 3. The average molecular weight is 121 g/mol. The molecule has 40 valence electrons. The van der Waals surface area contributed by atoms with E-state index in [-0.39, 0.29) is 13.1 Å². The highest BCUT2D eigenvalue weighted by Crippen LogP contribution is 1.85. The first-order valence-electron chi connectivity index (χ1n) is 1.65. The monoisotopic (exact) mass is 121 g/mol. The predicted octanol–water partition coefficient (Wildman–Crippen LogP) is -0.222. The summed E-state index contributed by atoms with van der Waals surface area (Å²) in [5.74, 6) is 0. The lowest BCUT2D eigenvalue weighted by molar-refractivity contribution is -0.320. The quantitative estimate of drug-likeness (QED) is 0.242. The van der Waals surface area contributed by atoms with Gasteiger partial charge in [-0.3, -0.25) is 10.1 Å². The molecule has 7 heavy (non-hydrogen) atoms. The highest BCUT2D eigenvalue weighted by molar-refractivity contribution is 7.94. The van der Waals surface area contributed by atoms with Crippen LogP contribution in [0.4, 0.5) is 0 Å². The van der Waals surface area contributed by atoms with Crippen molar-refractivity contribution in [3.05, 3.63) is 10.1 Å². The van der Waals surface area contributed by atoms with Gasteiger partial charge >= 0.3 is 7.41 Å². The molecule has 0 spiro atoms. The van der Waals surface area contributed by atoms with E-state index in [0.29, 0.717) is 12.0 Å². The molecule has 0 amide bonds. The standard InChI is InChI=1S/CH4BNO3S/c4-3(5)2-1-7-6/h2,6H,1H2. The first kappa shape index (κ1) is 6.77. The van der Waals surface area contributed by atoms with Gasteiger partial charge in [0.1, 0.15) is 0 Å². The van der Waals surface area contributed by atoms with Crippen molar-refractivity contribution in [3.63, 3.8) is 0 Å². The molecule has 0 radical (unpaired) electrons. The van der Waals surface area contributed by atoms with Gasteiger partial charge in [-0.1, -0.05) is 4.83 Å². The van der Waals surface area contributed by atoms with Crippen molar-refractivity contribution in [2.45, 2.75) is 0 Å². The van der Waals surface area contributed by atoms with Crippen LogP contribution in [0.1, 0.15) is 0 Å². The summed E-state index contributed by atoms with van der Waals surface area (Å²) in [5.41, 5.74) is 0.174. The lowest BCUT2D eigenvalue weighted by Gasteiger charge is -1.81. The molecule has 0 atom stereocenters. The molecule has 0 aromatic heterocycles. The minimum absolute atomic E-state index is 0.166. The molecule has 1 N–H and O–H groups in total. The van der Waals surface area contributed by atoms with Gasteiger partial charge in [0, 0.05) is 0 Å². The van der Waals surface area contributed by atoms with E-state index in [9.17, 15) is 10.1 Å². The van der Waals surface area contributed by atoms with E-state index in [1.807, 2.05) is 0 Å². The van der Waals surface area contributed by atoms with Crippen molar-refractivity contribution >= 4 is 19.5 Å². The fraction of sp³-hybridized carbons (Fsp3) is 1.00. The highest BCUT2D eigenvalue weighted by Gasteiger charge is 2.01. The van der Waals surface area contributed by atoms with Gasteiger partial charge in [-0.2, -0.15) is 0 Å². The van der Waals surface area contributed by atoms with E-state index in [0.717, 1.165) is 0 Å². The van der Waals surface area contributed by atoms with Gasteiger partial charge < -0.3 is 4.55 Å². The molecule has 0 saturated heterocycles. The van der Waals surface area contributed by atoms with Crippen molar-refractivity contribution in [3.8, 4) is 0 Å².